The lowest BCUT2D eigenvalue weighted by atomic mass is 10.1. The van der Waals surface area contributed by atoms with Crippen molar-refractivity contribution in [1.29, 1.82) is 0 Å². The summed E-state index contributed by atoms with van der Waals surface area (Å²) >= 11 is 0. The van der Waals surface area contributed by atoms with Crippen LogP contribution in [0.15, 0.2) is 59.8 Å². The fraction of sp³-hybridized carbons (Fsp3) is 0.118. The lowest BCUT2D eigenvalue weighted by Crippen LogP contribution is -2.23. The van der Waals surface area contributed by atoms with Gasteiger partial charge in [-0.3, -0.25) is 9.78 Å². The van der Waals surface area contributed by atoms with Gasteiger partial charge in [-0.2, -0.15) is 0 Å². The molecule has 1 amide bonds. The Morgan fingerprint density at radius 1 is 1.30 bits per heavy atom. The summed E-state index contributed by atoms with van der Waals surface area (Å²) in [5.74, 6) is 0.0546. The van der Waals surface area contributed by atoms with Crippen molar-refractivity contribution in [2.75, 3.05) is 7.11 Å². The van der Waals surface area contributed by atoms with E-state index in [0.717, 1.165) is 16.7 Å². The minimum atomic E-state index is -0.247. The third-order valence-electron chi connectivity index (χ3n) is 3.31. The van der Waals surface area contributed by atoms with Gasteiger partial charge in [-0.1, -0.05) is 0 Å². The summed E-state index contributed by atoms with van der Waals surface area (Å²) in [5, 5.41) is 2.84. The van der Waals surface area contributed by atoms with Crippen molar-refractivity contribution in [3.8, 4) is 17.0 Å². The predicted molar refractivity (Wildman–Crippen MR) is 83.9 cm³/mol. The molecule has 6 heteroatoms. The Kier molecular flexibility index (Phi) is 4.33. The van der Waals surface area contributed by atoms with Gasteiger partial charge >= 0.3 is 0 Å². The lowest BCUT2D eigenvalue weighted by Gasteiger charge is -2.08. The van der Waals surface area contributed by atoms with Crippen LogP contribution in [0.4, 0.5) is 0 Å². The van der Waals surface area contributed by atoms with Crippen molar-refractivity contribution >= 4 is 5.91 Å². The van der Waals surface area contributed by atoms with E-state index in [0.29, 0.717) is 18.0 Å². The molecule has 0 bridgehead atoms. The van der Waals surface area contributed by atoms with Crippen LogP contribution in [0.25, 0.3) is 11.1 Å². The minimum Gasteiger partial charge on any atom is -0.480 e. The molecular formula is C17H15N3O3. The third-order valence-corrected chi connectivity index (χ3v) is 3.31. The number of pyridine rings is 2. The summed E-state index contributed by atoms with van der Waals surface area (Å²) in [6, 6.07) is 7.18. The smallest absolute Gasteiger partial charge is 0.257 e. The molecule has 0 saturated carbocycles. The van der Waals surface area contributed by atoms with Crippen LogP contribution in [0.3, 0.4) is 0 Å². The monoisotopic (exact) mass is 309 g/mol. The molecule has 0 fully saturated rings. The summed E-state index contributed by atoms with van der Waals surface area (Å²) in [6.07, 6.45) is 8.30. The molecule has 6 nitrogen and oxygen atoms in total. The van der Waals surface area contributed by atoms with Gasteiger partial charge < -0.3 is 14.5 Å². The first-order valence-corrected chi connectivity index (χ1v) is 7.01. The van der Waals surface area contributed by atoms with Crippen LogP contribution in [0.2, 0.25) is 0 Å². The highest BCUT2D eigenvalue weighted by Crippen LogP contribution is 2.19. The fourth-order valence-electron chi connectivity index (χ4n) is 2.17. The molecule has 0 aliphatic carbocycles. The topological polar surface area (TPSA) is 77.2 Å². The van der Waals surface area contributed by atoms with E-state index in [1.807, 2.05) is 12.1 Å². The molecule has 116 valence electrons. The number of aromatic nitrogens is 2. The number of rotatable bonds is 5. The number of methoxy groups -OCH3 is 1. The Bertz CT molecular complexity index is 800. The summed E-state index contributed by atoms with van der Waals surface area (Å²) in [7, 11) is 1.48. The molecule has 0 spiro atoms. The zero-order chi connectivity index (χ0) is 16.1. The number of carbonyl (C=O) groups excluding carboxylic acids is 1. The van der Waals surface area contributed by atoms with Gasteiger partial charge in [0.15, 0.2) is 0 Å². The third kappa shape index (κ3) is 3.37. The van der Waals surface area contributed by atoms with Crippen LogP contribution in [0.1, 0.15) is 15.9 Å². The van der Waals surface area contributed by atoms with Crippen molar-refractivity contribution in [3.63, 3.8) is 0 Å². The van der Waals surface area contributed by atoms with Gasteiger partial charge in [0.2, 0.25) is 5.88 Å². The highest BCUT2D eigenvalue weighted by atomic mass is 16.5. The molecule has 0 radical (unpaired) electrons. The maximum absolute atomic E-state index is 12.2. The normalized spacial score (nSPS) is 10.3. The van der Waals surface area contributed by atoms with E-state index in [-0.39, 0.29) is 5.91 Å². The van der Waals surface area contributed by atoms with E-state index in [9.17, 15) is 4.79 Å². The second kappa shape index (κ2) is 6.74. The molecule has 0 atom stereocenters. The Balaban J connectivity index is 1.71. The van der Waals surface area contributed by atoms with Crippen molar-refractivity contribution in [2.24, 2.45) is 0 Å². The average molecular weight is 309 g/mol. The van der Waals surface area contributed by atoms with E-state index in [4.69, 9.17) is 9.15 Å². The first-order valence-electron chi connectivity index (χ1n) is 7.01. The maximum Gasteiger partial charge on any atom is 0.257 e. The number of carbonyl (C=O) groups is 1. The van der Waals surface area contributed by atoms with E-state index in [1.54, 1.807) is 43.2 Å². The average Bonchev–Trinajstić information content (AvgIpc) is 3.14. The molecule has 0 saturated heterocycles. The lowest BCUT2D eigenvalue weighted by molar-refractivity contribution is 0.0947. The van der Waals surface area contributed by atoms with Crippen LogP contribution < -0.4 is 10.1 Å². The second-order valence-electron chi connectivity index (χ2n) is 4.84. The van der Waals surface area contributed by atoms with Gasteiger partial charge in [0.1, 0.15) is 5.56 Å². The molecule has 23 heavy (non-hydrogen) atoms. The van der Waals surface area contributed by atoms with E-state index in [2.05, 4.69) is 15.3 Å². The quantitative estimate of drug-likeness (QED) is 0.784. The Labute approximate surface area is 133 Å². The molecule has 3 aromatic rings. The molecular weight excluding hydrogens is 294 g/mol. The molecule has 0 unspecified atom stereocenters. The van der Waals surface area contributed by atoms with Crippen LogP contribution in [0, 0.1) is 0 Å². The molecule has 3 rings (SSSR count). The van der Waals surface area contributed by atoms with Crippen molar-refractivity contribution in [2.45, 2.75) is 6.54 Å². The standard InChI is InChI=1S/C17H15N3O3/c1-22-17-15(3-2-5-19-17)16(21)20-9-12-7-14(10-18-8-12)13-4-6-23-11-13/h2-8,10-11H,9H2,1H3,(H,20,21). The number of hydrogen-bond donors (Lipinski definition) is 1. The molecule has 0 aromatic carbocycles. The summed E-state index contributed by atoms with van der Waals surface area (Å²) in [5.41, 5.74) is 3.16. The molecule has 3 heterocycles. The van der Waals surface area contributed by atoms with Gasteiger partial charge in [-0.15, -0.1) is 0 Å². The Hall–Kier alpha value is -3.15. The van der Waals surface area contributed by atoms with Crippen molar-refractivity contribution in [1.82, 2.24) is 15.3 Å². The highest BCUT2D eigenvalue weighted by molar-refractivity contribution is 5.96. The number of hydrogen-bond acceptors (Lipinski definition) is 5. The van der Waals surface area contributed by atoms with Crippen molar-refractivity contribution in [3.05, 3.63) is 66.5 Å². The number of nitrogens with one attached hydrogen (secondary N) is 1. The van der Waals surface area contributed by atoms with Crippen molar-refractivity contribution < 1.29 is 13.9 Å². The van der Waals surface area contributed by atoms with Gasteiger partial charge in [0.25, 0.3) is 5.91 Å². The van der Waals surface area contributed by atoms with Gasteiger partial charge in [0, 0.05) is 36.3 Å². The number of ether oxygens (including phenoxy) is 1. The molecule has 0 aliphatic rings. The highest BCUT2D eigenvalue weighted by Gasteiger charge is 2.12. The van der Waals surface area contributed by atoms with Crippen LogP contribution in [-0.2, 0) is 6.54 Å². The molecule has 3 aromatic heterocycles. The first kappa shape index (κ1) is 14.8. The maximum atomic E-state index is 12.2. The second-order valence-corrected chi connectivity index (χ2v) is 4.84. The van der Waals surface area contributed by atoms with Crippen LogP contribution >= 0.6 is 0 Å². The summed E-state index contributed by atoms with van der Waals surface area (Å²) in [4.78, 5) is 20.5. The zero-order valence-electron chi connectivity index (χ0n) is 12.5. The zero-order valence-corrected chi connectivity index (χ0v) is 12.5. The van der Waals surface area contributed by atoms with Gasteiger partial charge in [-0.05, 0) is 29.8 Å². The summed E-state index contributed by atoms with van der Waals surface area (Å²) < 4.78 is 10.2. The Morgan fingerprint density at radius 2 is 2.22 bits per heavy atom. The largest absolute Gasteiger partial charge is 0.480 e. The van der Waals surface area contributed by atoms with Crippen LogP contribution in [0.5, 0.6) is 5.88 Å². The molecule has 0 aliphatic heterocycles. The number of amides is 1. The SMILES string of the molecule is COc1ncccc1C(=O)NCc1cncc(-c2ccoc2)c1. The van der Waals surface area contributed by atoms with E-state index < -0.39 is 0 Å². The summed E-state index contributed by atoms with van der Waals surface area (Å²) in [6.45, 7) is 0.357. The van der Waals surface area contributed by atoms with E-state index >= 15 is 0 Å². The fourth-order valence-corrected chi connectivity index (χ4v) is 2.17. The van der Waals surface area contributed by atoms with E-state index in [1.165, 1.54) is 7.11 Å². The molecule has 1 N–H and O–H groups in total. The van der Waals surface area contributed by atoms with Gasteiger partial charge in [-0.25, -0.2) is 4.98 Å². The predicted octanol–water partition coefficient (Wildman–Crippen LogP) is 2.68. The minimum absolute atomic E-state index is 0.247. The number of furan rings is 1. The van der Waals surface area contributed by atoms with Crippen LogP contribution in [-0.4, -0.2) is 23.0 Å². The Morgan fingerprint density at radius 3 is 3.00 bits per heavy atom. The number of nitrogens with zero attached hydrogens (tertiary/aromatic N) is 2. The van der Waals surface area contributed by atoms with Gasteiger partial charge in [0.05, 0.1) is 19.6 Å². The first-order chi connectivity index (χ1) is 11.3.